The molecule has 4 heteroatoms. The summed E-state index contributed by atoms with van der Waals surface area (Å²) >= 11 is 13.7. The van der Waals surface area contributed by atoms with Gasteiger partial charge in [0.05, 0.1) is 5.01 Å². The highest BCUT2D eigenvalue weighted by molar-refractivity contribution is 7.11. The minimum atomic E-state index is 0.0437. The predicted octanol–water partition coefficient (Wildman–Crippen LogP) is 3.87. The summed E-state index contributed by atoms with van der Waals surface area (Å²) in [5.41, 5.74) is 0.0437. The first-order chi connectivity index (χ1) is 6.65. The van der Waals surface area contributed by atoms with Crippen LogP contribution in [0.5, 0.6) is 0 Å². The maximum absolute atomic E-state index is 5.98. The van der Waals surface area contributed by atoms with Crippen LogP contribution in [0.15, 0.2) is 6.20 Å². The second-order valence-electron chi connectivity index (χ2n) is 3.64. The molecular weight excluding hydrogens is 237 g/mol. The van der Waals surface area contributed by atoms with Crippen LogP contribution in [0, 0.1) is 12.3 Å². The molecule has 14 heavy (non-hydrogen) atoms. The Kier molecular flexibility index (Phi) is 4.68. The summed E-state index contributed by atoms with van der Waals surface area (Å²) < 4.78 is 0. The van der Waals surface area contributed by atoms with E-state index in [1.807, 2.05) is 13.1 Å². The molecule has 1 aromatic heterocycles. The first-order valence-corrected chi connectivity index (χ1v) is 6.57. The van der Waals surface area contributed by atoms with Gasteiger partial charge in [0.25, 0.3) is 0 Å². The highest BCUT2D eigenvalue weighted by atomic mass is 35.5. The molecule has 1 rings (SSSR count). The zero-order chi connectivity index (χ0) is 10.6. The number of thiazole rings is 1. The maximum atomic E-state index is 5.98. The Balaban J connectivity index is 2.73. The van der Waals surface area contributed by atoms with Crippen LogP contribution in [0.4, 0.5) is 0 Å². The summed E-state index contributed by atoms with van der Waals surface area (Å²) in [5.74, 6) is 1.23. The van der Waals surface area contributed by atoms with Crippen molar-refractivity contribution in [2.75, 3.05) is 11.8 Å². The minimum absolute atomic E-state index is 0.0437. The Morgan fingerprint density at radius 3 is 2.43 bits per heavy atom. The molecule has 1 heterocycles. The fourth-order valence-corrected chi connectivity index (χ4v) is 3.12. The largest absolute Gasteiger partial charge is 0.250 e. The van der Waals surface area contributed by atoms with Gasteiger partial charge in [0.1, 0.15) is 0 Å². The summed E-state index contributed by atoms with van der Waals surface area (Å²) in [6.07, 6.45) is 3.89. The van der Waals surface area contributed by atoms with Gasteiger partial charge >= 0.3 is 0 Å². The van der Waals surface area contributed by atoms with Gasteiger partial charge in [0.2, 0.25) is 0 Å². The molecule has 0 atom stereocenters. The van der Waals surface area contributed by atoms with E-state index in [0.29, 0.717) is 11.8 Å². The molecule has 0 saturated carbocycles. The molecule has 1 aromatic rings. The van der Waals surface area contributed by atoms with Gasteiger partial charge in [0.15, 0.2) is 0 Å². The van der Waals surface area contributed by atoms with Crippen molar-refractivity contribution in [3.63, 3.8) is 0 Å². The van der Waals surface area contributed by atoms with Crippen LogP contribution in [0.1, 0.15) is 23.2 Å². The van der Waals surface area contributed by atoms with Crippen LogP contribution in [0.3, 0.4) is 0 Å². The summed E-state index contributed by atoms with van der Waals surface area (Å²) in [5, 5.41) is 1.11. The van der Waals surface area contributed by atoms with E-state index in [0.717, 1.165) is 17.8 Å². The molecule has 0 amide bonds. The van der Waals surface area contributed by atoms with Crippen LogP contribution >= 0.6 is 34.5 Å². The molecule has 0 radical (unpaired) electrons. The highest BCUT2D eigenvalue weighted by Gasteiger charge is 2.27. The lowest BCUT2D eigenvalue weighted by Crippen LogP contribution is -2.26. The summed E-state index contributed by atoms with van der Waals surface area (Å²) in [4.78, 5) is 5.52. The molecule has 1 nitrogen and oxygen atoms in total. The molecule has 0 fully saturated rings. The molecule has 0 unspecified atom stereocenters. The molecule has 0 aliphatic carbocycles. The third-order valence-corrected chi connectivity index (χ3v) is 4.58. The topological polar surface area (TPSA) is 12.9 Å². The van der Waals surface area contributed by atoms with Crippen LogP contribution in [-0.2, 0) is 6.42 Å². The second kappa shape index (κ2) is 5.34. The number of nitrogens with zero attached hydrogens (tertiary/aromatic N) is 1. The fraction of sp³-hybridized carbons (Fsp3) is 0.700. The van der Waals surface area contributed by atoms with Crippen molar-refractivity contribution in [2.45, 2.75) is 26.7 Å². The zero-order valence-electron chi connectivity index (χ0n) is 8.52. The highest BCUT2D eigenvalue weighted by Crippen LogP contribution is 2.31. The molecule has 0 aliphatic rings. The van der Waals surface area contributed by atoms with Crippen molar-refractivity contribution >= 4 is 34.5 Å². The summed E-state index contributed by atoms with van der Waals surface area (Å²) in [7, 11) is 0. The van der Waals surface area contributed by atoms with Crippen LogP contribution < -0.4 is 0 Å². The number of alkyl halides is 2. The number of aryl methyl sites for hydroxylation is 1. The predicted molar refractivity (Wildman–Crippen MR) is 64.7 cm³/mol. The van der Waals surface area contributed by atoms with Gasteiger partial charge in [-0.2, -0.15) is 0 Å². The third kappa shape index (κ3) is 2.85. The SMILES string of the molecule is CCC(CCl)(CCl)Cc1cnc(C)s1. The molecule has 0 saturated heterocycles. The Morgan fingerprint density at radius 1 is 1.43 bits per heavy atom. The molecule has 0 spiro atoms. The fourth-order valence-electron chi connectivity index (χ4n) is 1.30. The van der Waals surface area contributed by atoms with Gasteiger partial charge in [-0.15, -0.1) is 34.5 Å². The Morgan fingerprint density at radius 2 is 2.07 bits per heavy atom. The standard InChI is InChI=1S/C10H15Cl2NS/c1-3-10(6-11,7-12)4-9-5-13-8(2)14-9/h5H,3-4,6-7H2,1-2H3. The number of rotatable bonds is 5. The Bertz CT molecular complexity index is 273. The molecule has 0 aromatic carbocycles. The van der Waals surface area contributed by atoms with Crippen molar-refractivity contribution in [1.29, 1.82) is 0 Å². The maximum Gasteiger partial charge on any atom is 0.0896 e. The Hall–Kier alpha value is 0.210. The number of hydrogen-bond donors (Lipinski definition) is 0. The first-order valence-electron chi connectivity index (χ1n) is 4.69. The van der Waals surface area contributed by atoms with Gasteiger partial charge in [0, 0.05) is 28.2 Å². The van der Waals surface area contributed by atoms with Gasteiger partial charge in [-0.05, 0) is 19.8 Å². The lowest BCUT2D eigenvalue weighted by Gasteiger charge is -2.27. The molecule has 0 bridgehead atoms. The van der Waals surface area contributed by atoms with Crippen LogP contribution in [0.25, 0.3) is 0 Å². The van der Waals surface area contributed by atoms with Gasteiger partial charge in [-0.25, -0.2) is 4.98 Å². The van der Waals surface area contributed by atoms with Crippen molar-refractivity contribution in [1.82, 2.24) is 4.98 Å². The van der Waals surface area contributed by atoms with Crippen LogP contribution in [0.2, 0.25) is 0 Å². The molecule has 0 N–H and O–H groups in total. The second-order valence-corrected chi connectivity index (χ2v) is 5.50. The zero-order valence-corrected chi connectivity index (χ0v) is 10.8. The van der Waals surface area contributed by atoms with Crippen molar-refractivity contribution < 1.29 is 0 Å². The van der Waals surface area contributed by atoms with Crippen molar-refractivity contribution in [3.05, 3.63) is 16.1 Å². The quantitative estimate of drug-likeness (QED) is 0.725. The smallest absolute Gasteiger partial charge is 0.0896 e. The van der Waals surface area contributed by atoms with E-state index in [-0.39, 0.29) is 5.41 Å². The minimum Gasteiger partial charge on any atom is -0.250 e. The van der Waals surface area contributed by atoms with Crippen LogP contribution in [-0.4, -0.2) is 16.7 Å². The number of halogens is 2. The van der Waals surface area contributed by atoms with E-state index in [9.17, 15) is 0 Å². The van der Waals surface area contributed by atoms with Crippen molar-refractivity contribution in [2.24, 2.45) is 5.41 Å². The molecular formula is C10H15Cl2NS. The third-order valence-electron chi connectivity index (χ3n) is 2.54. The van der Waals surface area contributed by atoms with E-state index in [4.69, 9.17) is 23.2 Å². The van der Waals surface area contributed by atoms with E-state index < -0.39 is 0 Å². The number of hydrogen-bond acceptors (Lipinski definition) is 2. The monoisotopic (exact) mass is 251 g/mol. The van der Waals surface area contributed by atoms with E-state index in [1.54, 1.807) is 11.3 Å². The van der Waals surface area contributed by atoms with E-state index >= 15 is 0 Å². The average molecular weight is 252 g/mol. The number of aromatic nitrogens is 1. The first kappa shape index (κ1) is 12.3. The van der Waals surface area contributed by atoms with Gasteiger partial charge < -0.3 is 0 Å². The molecule has 0 aliphatic heterocycles. The normalized spacial score (nSPS) is 12.0. The summed E-state index contributed by atoms with van der Waals surface area (Å²) in [6, 6.07) is 0. The lowest BCUT2D eigenvalue weighted by molar-refractivity contribution is 0.364. The van der Waals surface area contributed by atoms with Gasteiger partial charge in [-0.1, -0.05) is 6.92 Å². The van der Waals surface area contributed by atoms with E-state index in [2.05, 4.69) is 11.9 Å². The van der Waals surface area contributed by atoms with E-state index in [1.165, 1.54) is 4.88 Å². The Labute approximate surface area is 99.5 Å². The van der Waals surface area contributed by atoms with Gasteiger partial charge in [-0.3, -0.25) is 0 Å². The lowest BCUT2D eigenvalue weighted by atomic mass is 9.85. The average Bonchev–Trinajstić information content (AvgIpc) is 2.61. The molecule has 80 valence electrons. The summed E-state index contributed by atoms with van der Waals surface area (Å²) in [6.45, 7) is 4.15. The van der Waals surface area contributed by atoms with Crippen molar-refractivity contribution in [3.8, 4) is 0 Å².